The van der Waals surface area contributed by atoms with E-state index in [1.807, 2.05) is 37.6 Å². The molecule has 8 nitrogen and oxygen atoms in total. The Balaban J connectivity index is 1.86. The molecule has 1 aromatic carbocycles. The van der Waals surface area contributed by atoms with E-state index < -0.39 is 0 Å². The van der Waals surface area contributed by atoms with Gasteiger partial charge in [-0.1, -0.05) is 12.1 Å². The smallest absolute Gasteiger partial charge is 0.191 e. The number of nitrogens with one attached hydrogen (secondary N) is 2. The van der Waals surface area contributed by atoms with E-state index in [0.717, 1.165) is 68.9 Å². The zero-order valence-corrected chi connectivity index (χ0v) is 18.1. The second kappa shape index (κ2) is 12.8. The van der Waals surface area contributed by atoms with Gasteiger partial charge in [0.2, 0.25) is 0 Å². The molecular formula is C21H34N6O2. The van der Waals surface area contributed by atoms with Gasteiger partial charge >= 0.3 is 0 Å². The predicted molar refractivity (Wildman–Crippen MR) is 115 cm³/mol. The van der Waals surface area contributed by atoms with Gasteiger partial charge in [-0.2, -0.15) is 0 Å². The van der Waals surface area contributed by atoms with E-state index in [-0.39, 0.29) is 0 Å². The van der Waals surface area contributed by atoms with Gasteiger partial charge in [0.25, 0.3) is 0 Å². The fourth-order valence-electron chi connectivity index (χ4n) is 2.71. The number of nitrogens with zero attached hydrogens (tertiary/aromatic N) is 4. The minimum atomic E-state index is 0.480. The molecule has 0 radical (unpaired) electrons. The van der Waals surface area contributed by atoms with E-state index in [0.29, 0.717) is 6.54 Å². The molecule has 0 amide bonds. The third kappa shape index (κ3) is 8.11. The van der Waals surface area contributed by atoms with Crippen molar-refractivity contribution in [2.45, 2.75) is 39.7 Å². The highest BCUT2D eigenvalue weighted by atomic mass is 16.5. The second-order valence-corrected chi connectivity index (χ2v) is 6.74. The van der Waals surface area contributed by atoms with Gasteiger partial charge in [0.05, 0.1) is 7.11 Å². The molecule has 1 aromatic heterocycles. The van der Waals surface area contributed by atoms with Crippen molar-refractivity contribution < 1.29 is 9.47 Å². The molecule has 29 heavy (non-hydrogen) atoms. The maximum atomic E-state index is 5.39. The Morgan fingerprint density at radius 3 is 2.52 bits per heavy atom. The quantitative estimate of drug-likeness (QED) is 0.322. The van der Waals surface area contributed by atoms with Gasteiger partial charge in [0.1, 0.15) is 18.1 Å². The minimum Gasteiger partial charge on any atom is -0.497 e. The molecule has 2 rings (SSSR count). The van der Waals surface area contributed by atoms with Crippen LogP contribution in [0.4, 0.5) is 0 Å². The first-order chi connectivity index (χ1) is 14.1. The van der Waals surface area contributed by atoms with Crippen LogP contribution in [0.3, 0.4) is 0 Å². The van der Waals surface area contributed by atoms with Crippen molar-refractivity contribution in [3.63, 3.8) is 0 Å². The van der Waals surface area contributed by atoms with Crippen LogP contribution in [0.2, 0.25) is 0 Å². The number of benzene rings is 1. The maximum Gasteiger partial charge on any atom is 0.191 e. The van der Waals surface area contributed by atoms with Crippen LogP contribution in [0.15, 0.2) is 29.3 Å². The summed E-state index contributed by atoms with van der Waals surface area (Å²) < 4.78 is 12.6. The third-order valence-electron chi connectivity index (χ3n) is 4.64. The van der Waals surface area contributed by atoms with E-state index in [1.165, 1.54) is 5.56 Å². The van der Waals surface area contributed by atoms with Gasteiger partial charge in [0.15, 0.2) is 11.8 Å². The summed E-state index contributed by atoms with van der Waals surface area (Å²) in [5, 5.41) is 15.1. The standard InChI is InChI=1S/C21H34N6O2/c1-5-29-15-7-6-13-22-21(24-16-20-26-25-17(2)27(20)3)23-14-12-18-8-10-19(28-4)11-9-18/h8-11H,5-7,12-16H2,1-4H3,(H2,22,23,24). The first-order valence-electron chi connectivity index (χ1n) is 10.2. The molecule has 0 bridgehead atoms. The number of guanidine groups is 1. The summed E-state index contributed by atoms with van der Waals surface area (Å²) in [6.07, 6.45) is 2.96. The Labute approximate surface area is 173 Å². The zero-order valence-electron chi connectivity index (χ0n) is 18.1. The highest BCUT2D eigenvalue weighted by Gasteiger charge is 2.05. The lowest BCUT2D eigenvalue weighted by Gasteiger charge is -2.13. The largest absolute Gasteiger partial charge is 0.497 e. The second-order valence-electron chi connectivity index (χ2n) is 6.74. The van der Waals surface area contributed by atoms with Crippen molar-refractivity contribution in [1.29, 1.82) is 0 Å². The number of ether oxygens (including phenoxy) is 2. The summed E-state index contributed by atoms with van der Waals surface area (Å²) >= 11 is 0. The maximum absolute atomic E-state index is 5.39. The molecule has 0 fully saturated rings. The molecular weight excluding hydrogens is 368 g/mol. The number of methoxy groups -OCH3 is 1. The Morgan fingerprint density at radius 1 is 1.10 bits per heavy atom. The summed E-state index contributed by atoms with van der Waals surface area (Å²) in [6, 6.07) is 8.14. The summed E-state index contributed by atoms with van der Waals surface area (Å²) in [5.74, 6) is 3.38. The average Bonchev–Trinajstić information content (AvgIpc) is 3.06. The lowest BCUT2D eigenvalue weighted by atomic mass is 10.1. The molecule has 2 N–H and O–H groups in total. The summed E-state index contributed by atoms with van der Waals surface area (Å²) in [6.45, 7) is 7.63. The highest BCUT2D eigenvalue weighted by Crippen LogP contribution is 2.11. The molecule has 0 atom stereocenters. The molecule has 0 saturated heterocycles. The first-order valence-corrected chi connectivity index (χ1v) is 10.2. The topological polar surface area (TPSA) is 85.6 Å². The van der Waals surface area contributed by atoms with Crippen molar-refractivity contribution in [3.05, 3.63) is 41.5 Å². The van der Waals surface area contributed by atoms with Crippen LogP contribution in [0.25, 0.3) is 0 Å². The number of hydrogen-bond acceptors (Lipinski definition) is 5. The molecule has 0 aliphatic heterocycles. The number of aromatic nitrogens is 3. The Kier molecular flexibility index (Phi) is 9.99. The van der Waals surface area contributed by atoms with Crippen LogP contribution in [-0.2, 0) is 24.8 Å². The Bertz CT molecular complexity index is 742. The monoisotopic (exact) mass is 402 g/mol. The van der Waals surface area contributed by atoms with E-state index in [9.17, 15) is 0 Å². The Hall–Kier alpha value is -2.61. The van der Waals surface area contributed by atoms with E-state index >= 15 is 0 Å². The number of aliphatic imine (C=N–C) groups is 1. The van der Waals surface area contributed by atoms with Gasteiger partial charge in [0, 0.05) is 33.4 Å². The van der Waals surface area contributed by atoms with Crippen LogP contribution >= 0.6 is 0 Å². The molecule has 1 heterocycles. The fourth-order valence-corrected chi connectivity index (χ4v) is 2.71. The van der Waals surface area contributed by atoms with Crippen molar-refractivity contribution in [2.24, 2.45) is 12.0 Å². The van der Waals surface area contributed by atoms with Crippen molar-refractivity contribution in [1.82, 2.24) is 25.4 Å². The Morgan fingerprint density at radius 2 is 1.86 bits per heavy atom. The normalized spacial score (nSPS) is 11.5. The zero-order chi connectivity index (χ0) is 20.9. The van der Waals surface area contributed by atoms with Crippen LogP contribution in [-0.4, -0.2) is 54.1 Å². The van der Waals surface area contributed by atoms with Gasteiger partial charge in [-0.3, -0.25) is 0 Å². The summed E-state index contributed by atoms with van der Waals surface area (Å²) in [4.78, 5) is 4.68. The lowest BCUT2D eigenvalue weighted by molar-refractivity contribution is 0.143. The van der Waals surface area contributed by atoms with Gasteiger partial charge < -0.3 is 24.7 Å². The fraction of sp³-hybridized carbons (Fsp3) is 0.571. The highest BCUT2D eigenvalue weighted by molar-refractivity contribution is 5.79. The van der Waals surface area contributed by atoms with Crippen molar-refractivity contribution in [2.75, 3.05) is 33.4 Å². The first kappa shape index (κ1) is 22.7. The molecule has 0 aliphatic carbocycles. The molecule has 160 valence electrons. The summed E-state index contributed by atoms with van der Waals surface area (Å²) in [5.41, 5.74) is 1.25. The van der Waals surface area contributed by atoms with Gasteiger partial charge in [-0.25, -0.2) is 4.99 Å². The van der Waals surface area contributed by atoms with Gasteiger partial charge in [-0.05, 0) is 50.8 Å². The predicted octanol–water partition coefficient (Wildman–Crippen LogP) is 2.23. The molecule has 0 unspecified atom stereocenters. The average molecular weight is 403 g/mol. The number of hydrogen-bond donors (Lipinski definition) is 2. The summed E-state index contributed by atoms with van der Waals surface area (Å²) in [7, 11) is 3.64. The molecule has 2 aromatic rings. The SMILES string of the molecule is CCOCCCCNC(=NCc1nnc(C)n1C)NCCc1ccc(OC)cc1. The van der Waals surface area contributed by atoms with E-state index in [1.54, 1.807) is 7.11 Å². The van der Waals surface area contributed by atoms with Gasteiger partial charge in [-0.15, -0.1) is 10.2 Å². The molecule has 8 heteroatoms. The number of rotatable bonds is 12. The van der Waals surface area contributed by atoms with Crippen LogP contribution in [0.5, 0.6) is 5.75 Å². The van der Waals surface area contributed by atoms with Crippen LogP contribution < -0.4 is 15.4 Å². The van der Waals surface area contributed by atoms with Crippen molar-refractivity contribution >= 4 is 5.96 Å². The van der Waals surface area contributed by atoms with Crippen molar-refractivity contribution in [3.8, 4) is 5.75 Å². The van der Waals surface area contributed by atoms with Crippen LogP contribution in [0.1, 0.15) is 37.0 Å². The molecule has 0 spiro atoms. The van der Waals surface area contributed by atoms with E-state index in [4.69, 9.17) is 9.47 Å². The third-order valence-corrected chi connectivity index (χ3v) is 4.64. The number of aryl methyl sites for hydroxylation is 1. The molecule has 0 aliphatic rings. The minimum absolute atomic E-state index is 0.480. The lowest BCUT2D eigenvalue weighted by Crippen LogP contribution is -2.39. The molecule has 0 saturated carbocycles. The van der Waals surface area contributed by atoms with E-state index in [2.05, 4.69) is 38.0 Å². The number of unbranched alkanes of at least 4 members (excludes halogenated alkanes) is 1. The van der Waals surface area contributed by atoms with Crippen LogP contribution in [0, 0.1) is 6.92 Å².